The SMILES string of the molecule is CCCn1nccc1C(O)C1CSCCO1. The molecule has 0 saturated carbocycles. The fourth-order valence-corrected chi connectivity index (χ4v) is 2.76. The molecule has 1 saturated heterocycles. The normalized spacial score (nSPS) is 23.2. The Morgan fingerprint density at radius 2 is 2.62 bits per heavy atom. The van der Waals surface area contributed by atoms with Crippen LogP contribution in [0.5, 0.6) is 0 Å². The third kappa shape index (κ3) is 2.59. The molecule has 90 valence electrons. The topological polar surface area (TPSA) is 47.3 Å². The molecule has 0 aliphatic carbocycles. The Kier molecular flexibility index (Phi) is 4.26. The summed E-state index contributed by atoms with van der Waals surface area (Å²) in [6.45, 7) is 3.68. The second kappa shape index (κ2) is 5.70. The van der Waals surface area contributed by atoms with Crippen LogP contribution in [-0.2, 0) is 11.3 Å². The van der Waals surface area contributed by atoms with Gasteiger partial charge in [0.05, 0.1) is 18.4 Å². The first kappa shape index (κ1) is 12.0. The molecule has 0 bridgehead atoms. The van der Waals surface area contributed by atoms with Gasteiger partial charge in [-0.1, -0.05) is 6.92 Å². The zero-order valence-electron chi connectivity index (χ0n) is 9.50. The number of rotatable bonds is 4. The van der Waals surface area contributed by atoms with Crippen molar-refractivity contribution in [3.05, 3.63) is 18.0 Å². The van der Waals surface area contributed by atoms with E-state index in [1.54, 1.807) is 6.20 Å². The Labute approximate surface area is 100.0 Å². The van der Waals surface area contributed by atoms with E-state index in [4.69, 9.17) is 4.74 Å². The minimum absolute atomic E-state index is 0.0916. The summed E-state index contributed by atoms with van der Waals surface area (Å²) >= 11 is 1.83. The number of aliphatic hydroxyl groups excluding tert-OH is 1. The number of aryl methyl sites for hydroxylation is 1. The highest BCUT2D eigenvalue weighted by molar-refractivity contribution is 7.99. The summed E-state index contributed by atoms with van der Waals surface area (Å²) in [6, 6.07) is 1.88. The smallest absolute Gasteiger partial charge is 0.122 e. The highest BCUT2D eigenvalue weighted by Crippen LogP contribution is 2.25. The van der Waals surface area contributed by atoms with Crippen molar-refractivity contribution in [3.63, 3.8) is 0 Å². The van der Waals surface area contributed by atoms with Crippen LogP contribution < -0.4 is 0 Å². The van der Waals surface area contributed by atoms with Crippen molar-refractivity contribution in [1.29, 1.82) is 0 Å². The van der Waals surface area contributed by atoms with E-state index in [2.05, 4.69) is 12.0 Å². The summed E-state index contributed by atoms with van der Waals surface area (Å²) in [7, 11) is 0. The van der Waals surface area contributed by atoms with E-state index in [0.717, 1.165) is 36.8 Å². The summed E-state index contributed by atoms with van der Waals surface area (Å²) in [6.07, 6.45) is 2.11. The lowest BCUT2D eigenvalue weighted by Gasteiger charge is -2.27. The largest absolute Gasteiger partial charge is 0.384 e. The van der Waals surface area contributed by atoms with Gasteiger partial charge in [-0.25, -0.2) is 0 Å². The van der Waals surface area contributed by atoms with Crippen molar-refractivity contribution < 1.29 is 9.84 Å². The molecule has 0 aromatic carbocycles. The van der Waals surface area contributed by atoms with Gasteiger partial charge in [0.25, 0.3) is 0 Å². The van der Waals surface area contributed by atoms with Crippen molar-refractivity contribution in [2.24, 2.45) is 0 Å². The highest BCUT2D eigenvalue weighted by atomic mass is 32.2. The van der Waals surface area contributed by atoms with E-state index in [1.165, 1.54) is 0 Å². The zero-order valence-corrected chi connectivity index (χ0v) is 10.3. The number of hydrogen-bond acceptors (Lipinski definition) is 4. The van der Waals surface area contributed by atoms with Crippen molar-refractivity contribution in [1.82, 2.24) is 9.78 Å². The maximum Gasteiger partial charge on any atom is 0.122 e. The average Bonchev–Trinajstić information content (AvgIpc) is 2.78. The lowest BCUT2D eigenvalue weighted by molar-refractivity contribution is -0.0265. The summed E-state index contributed by atoms with van der Waals surface area (Å²) in [5.74, 6) is 1.88. The van der Waals surface area contributed by atoms with Gasteiger partial charge in [-0.05, 0) is 12.5 Å². The van der Waals surface area contributed by atoms with Crippen LogP contribution in [0.3, 0.4) is 0 Å². The predicted octanol–water partition coefficient (Wildman–Crippen LogP) is 1.46. The van der Waals surface area contributed by atoms with Crippen LogP contribution in [0, 0.1) is 0 Å². The van der Waals surface area contributed by atoms with Crippen molar-refractivity contribution in [2.45, 2.75) is 32.1 Å². The Morgan fingerprint density at radius 1 is 1.75 bits per heavy atom. The van der Waals surface area contributed by atoms with Crippen LogP contribution >= 0.6 is 11.8 Å². The lowest BCUT2D eigenvalue weighted by Crippen LogP contribution is -2.31. The van der Waals surface area contributed by atoms with E-state index in [9.17, 15) is 5.11 Å². The molecule has 1 fully saturated rings. The molecule has 0 radical (unpaired) electrons. The van der Waals surface area contributed by atoms with Gasteiger partial charge >= 0.3 is 0 Å². The van der Waals surface area contributed by atoms with Crippen LogP contribution in [0.4, 0.5) is 0 Å². The summed E-state index contributed by atoms with van der Waals surface area (Å²) < 4.78 is 7.45. The Balaban J connectivity index is 2.06. The molecular formula is C11H18N2O2S. The van der Waals surface area contributed by atoms with Crippen LogP contribution in [-0.4, -0.2) is 39.1 Å². The van der Waals surface area contributed by atoms with E-state index in [-0.39, 0.29) is 6.10 Å². The number of thioether (sulfide) groups is 1. The first-order valence-corrected chi connectivity index (χ1v) is 6.87. The molecule has 1 aliphatic rings. The van der Waals surface area contributed by atoms with Gasteiger partial charge < -0.3 is 9.84 Å². The molecule has 1 N–H and O–H groups in total. The highest BCUT2D eigenvalue weighted by Gasteiger charge is 2.26. The Bertz CT molecular complexity index is 324. The summed E-state index contributed by atoms with van der Waals surface area (Å²) in [4.78, 5) is 0. The molecule has 0 amide bonds. The molecule has 0 spiro atoms. The molecule has 16 heavy (non-hydrogen) atoms. The van der Waals surface area contributed by atoms with E-state index in [1.807, 2.05) is 22.5 Å². The minimum atomic E-state index is -0.554. The van der Waals surface area contributed by atoms with E-state index >= 15 is 0 Å². The Morgan fingerprint density at radius 3 is 3.31 bits per heavy atom. The average molecular weight is 242 g/mol. The first-order valence-electron chi connectivity index (χ1n) is 5.72. The molecule has 1 aromatic heterocycles. The molecule has 2 heterocycles. The lowest BCUT2D eigenvalue weighted by atomic mass is 10.1. The van der Waals surface area contributed by atoms with Crippen LogP contribution in [0.2, 0.25) is 0 Å². The van der Waals surface area contributed by atoms with Gasteiger partial charge in [0.2, 0.25) is 0 Å². The third-order valence-electron chi connectivity index (χ3n) is 2.68. The van der Waals surface area contributed by atoms with Gasteiger partial charge in [-0.2, -0.15) is 16.9 Å². The van der Waals surface area contributed by atoms with Crippen LogP contribution in [0.1, 0.15) is 25.1 Å². The quantitative estimate of drug-likeness (QED) is 0.868. The Hall–Kier alpha value is -0.520. The zero-order chi connectivity index (χ0) is 11.4. The minimum Gasteiger partial charge on any atom is -0.384 e. The molecule has 2 atom stereocenters. The summed E-state index contributed by atoms with van der Waals surface area (Å²) in [5, 5.41) is 14.5. The first-order chi connectivity index (χ1) is 7.83. The third-order valence-corrected chi connectivity index (χ3v) is 3.70. The molecule has 4 nitrogen and oxygen atoms in total. The van der Waals surface area contributed by atoms with Gasteiger partial charge in [-0.3, -0.25) is 4.68 Å². The maximum atomic E-state index is 10.2. The monoisotopic (exact) mass is 242 g/mol. The van der Waals surface area contributed by atoms with Gasteiger partial charge in [-0.15, -0.1) is 0 Å². The second-order valence-electron chi connectivity index (χ2n) is 3.91. The van der Waals surface area contributed by atoms with Gasteiger partial charge in [0, 0.05) is 24.2 Å². The van der Waals surface area contributed by atoms with E-state index < -0.39 is 6.10 Å². The second-order valence-corrected chi connectivity index (χ2v) is 5.06. The number of aromatic nitrogens is 2. The molecule has 5 heteroatoms. The van der Waals surface area contributed by atoms with Crippen molar-refractivity contribution in [2.75, 3.05) is 18.1 Å². The van der Waals surface area contributed by atoms with Crippen molar-refractivity contribution in [3.8, 4) is 0 Å². The number of ether oxygens (including phenoxy) is 1. The molecule has 2 unspecified atom stereocenters. The molecule has 2 rings (SSSR count). The van der Waals surface area contributed by atoms with Gasteiger partial charge in [0.15, 0.2) is 0 Å². The summed E-state index contributed by atoms with van der Waals surface area (Å²) in [5.41, 5.74) is 0.870. The molecule has 1 aliphatic heterocycles. The van der Waals surface area contributed by atoms with Crippen LogP contribution in [0.25, 0.3) is 0 Å². The molecular weight excluding hydrogens is 224 g/mol. The number of aliphatic hydroxyl groups is 1. The standard InChI is InChI=1S/C11H18N2O2S/c1-2-5-13-9(3-4-12-13)11(14)10-8-16-7-6-15-10/h3-4,10-11,14H,2,5-8H2,1H3. The fraction of sp³-hybridized carbons (Fsp3) is 0.727. The van der Waals surface area contributed by atoms with Gasteiger partial charge in [0.1, 0.15) is 6.10 Å². The molecule has 1 aromatic rings. The fourth-order valence-electron chi connectivity index (χ4n) is 1.87. The van der Waals surface area contributed by atoms with E-state index in [0.29, 0.717) is 0 Å². The maximum absolute atomic E-state index is 10.2. The van der Waals surface area contributed by atoms with Crippen molar-refractivity contribution >= 4 is 11.8 Å². The predicted molar refractivity (Wildman–Crippen MR) is 64.5 cm³/mol. The number of hydrogen-bond donors (Lipinski definition) is 1. The number of nitrogens with zero attached hydrogens (tertiary/aromatic N) is 2. The van der Waals surface area contributed by atoms with Crippen LogP contribution in [0.15, 0.2) is 12.3 Å².